The molecule has 2 N–H and O–H groups in total. The number of rotatable bonds is 6. The lowest BCUT2D eigenvalue weighted by molar-refractivity contribution is 0.102. The number of benzene rings is 2. The number of nitrogen functional groups attached to an aromatic ring is 1. The van der Waals surface area contributed by atoms with Gasteiger partial charge in [0.05, 0.1) is 12.3 Å². The predicted molar refractivity (Wildman–Crippen MR) is 112 cm³/mol. The number of ketones is 1. The smallest absolute Gasteiger partial charge is 0.332 e. The number of hydrogen-bond acceptors (Lipinski definition) is 5. The van der Waals surface area contributed by atoms with Crippen molar-refractivity contribution in [2.75, 3.05) is 11.5 Å². The molecular formula is C20H18ClN3O3S. The maximum atomic E-state index is 12.7. The highest BCUT2D eigenvalue weighted by molar-refractivity contribution is 8.00. The Kier molecular flexibility index (Phi) is 6.06. The van der Waals surface area contributed by atoms with Crippen LogP contribution in [-0.4, -0.2) is 20.7 Å². The molecule has 144 valence electrons. The number of carbonyl (C=O) groups is 1. The molecule has 0 atom stereocenters. The maximum Gasteiger partial charge on any atom is 0.332 e. The van der Waals surface area contributed by atoms with Crippen molar-refractivity contribution in [2.24, 2.45) is 7.05 Å². The molecule has 2 aromatic carbocycles. The maximum absolute atomic E-state index is 12.7. The number of halogens is 1. The fourth-order valence-electron chi connectivity index (χ4n) is 2.72. The molecule has 1 aromatic heterocycles. The molecule has 0 spiro atoms. The summed E-state index contributed by atoms with van der Waals surface area (Å²) < 4.78 is 2.16. The van der Waals surface area contributed by atoms with Crippen molar-refractivity contribution in [1.29, 1.82) is 0 Å². The molecule has 3 rings (SSSR count). The minimum absolute atomic E-state index is 0.0185. The Labute approximate surface area is 170 Å². The Balaban J connectivity index is 1.93. The summed E-state index contributed by atoms with van der Waals surface area (Å²) in [7, 11) is 1.34. The Bertz CT molecular complexity index is 1120. The van der Waals surface area contributed by atoms with E-state index in [0.717, 1.165) is 15.0 Å². The van der Waals surface area contributed by atoms with Crippen LogP contribution in [0.5, 0.6) is 0 Å². The van der Waals surface area contributed by atoms with Crippen molar-refractivity contribution < 1.29 is 4.79 Å². The number of anilines is 1. The third kappa shape index (κ3) is 4.21. The lowest BCUT2D eigenvalue weighted by atomic mass is 10.2. The molecule has 0 saturated carbocycles. The molecular weight excluding hydrogens is 398 g/mol. The largest absolute Gasteiger partial charge is 0.384 e. The summed E-state index contributed by atoms with van der Waals surface area (Å²) in [6, 6.07) is 16.3. The van der Waals surface area contributed by atoms with E-state index >= 15 is 0 Å². The first-order valence-electron chi connectivity index (χ1n) is 8.43. The second kappa shape index (κ2) is 8.50. The molecule has 0 fully saturated rings. The van der Waals surface area contributed by atoms with E-state index in [1.807, 2.05) is 30.3 Å². The standard InChI is InChI=1S/C20H18ClN3O3S/c1-23-19(26)17(16(25)12-28-15-9-7-14(21)8-10-15)18(22)24(20(23)27)11-13-5-3-2-4-6-13/h2-10H,11-12,22H2,1H3. The molecule has 0 amide bonds. The molecule has 0 saturated heterocycles. The number of Topliss-reactive ketones (excluding diaryl/α,β-unsaturated/α-hetero) is 1. The highest BCUT2D eigenvalue weighted by Crippen LogP contribution is 2.22. The van der Waals surface area contributed by atoms with E-state index in [2.05, 4.69) is 0 Å². The van der Waals surface area contributed by atoms with Crippen LogP contribution in [0.1, 0.15) is 15.9 Å². The Hall–Kier alpha value is -2.77. The Morgan fingerprint density at radius 2 is 1.71 bits per heavy atom. The fourth-order valence-corrected chi connectivity index (χ4v) is 3.61. The molecule has 1 heterocycles. The fraction of sp³-hybridized carbons (Fsp3) is 0.150. The zero-order valence-corrected chi connectivity index (χ0v) is 16.7. The van der Waals surface area contributed by atoms with E-state index < -0.39 is 17.0 Å². The van der Waals surface area contributed by atoms with Crippen LogP contribution >= 0.6 is 23.4 Å². The van der Waals surface area contributed by atoms with Gasteiger partial charge in [0.2, 0.25) is 0 Å². The molecule has 0 aliphatic heterocycles. The normalized spacial score (nSPS) is 10.8. The average Bonchev–Trinajstić information content (AvgIpc) is 2.70. The lowest BCUT2D eigenvalue weighted by Crippen LogP contribution is -2.43. The minimum atomic E-state index is -0.687. The van der Waals surface area contributed by atoms with Crippen molar-refractivity contribution in [1.82, 2.24) is 9.13 Å². The third-order valence-electron chi connectivity index (χ3n) is 4.23. The van der Waals surface area contributed by atoms with Crippen LogP contribution in [0.3, 0.4) is 0 Å². The van der Waals surface area contributed by atoms with Gasteiger partial charge in [-0.3, -0.25) is 18.7 Å². The lowest BCUT2D eigenvalue weighted by Gasteiger charge is -2.14. The summed E-state index contributed by atoms with van der Waals surface area (Å²) in [6.07, 6.45) is 0. The number of hydrogen-bond donors (Lipinski definition) is 1. The molecule has 28 heavy (non-hydrogen) atoms. The van der Waals surface area contributed by atoms with Crippen LogP contribution < -0.4 is 17.0 Å². The number of thioether (sulfide) groups is 1. The van der Waals surface area contributed by atoms with Crippen molar-refractivity contribution in [3.8, 4) is 0 Å². The summed E-state index contributed by atoms with van der Waals surface area (Å²) >= 11 is 7.13. The highest BCUT2D eigenvalue weighted by atomic mass is 35.5. The summed E-state index contributed by atoms with van der Waals surface area (Å²) in [4.78, 5) is 38.6. The molecule has 0 unspecified atom stereocenters. The van der Waals surface area contributed by atoms with E-state index in [9.17, 15) is 14.4 Å². The molecule has 6 nitrogen and oxygen atoms in total. The third-order valence-corrected chi connectivity index (χ3v) is 5.49. The monoisotopic (exact) mass is 415 g/mol. The van der Waals surface area contributed by atoms with Gasteiger partial charge in [0.15, 0.2) is 5.78 Å². The van der Waals surface area contributed by atoms with E-state index in [1.165, 1.54) is 23.4 Å². The first-order valence-corrected chi connectivity index (χ1v) is 9.79. The zero-order valence-electron chi connectivity index (χ0n) is 15.1. The van der Waals surface area contributed by atoms with Gasteiger partial charge in [0.1, 0.15) is 11.4 Å². The molecule has 0 aliphatic rings. The quantitative estimate of drug-likeness (QED) is 0.494. The Morgan fingerprint density at radius 1 is 1.07 bits per heavy atom. The van der Waals surface area contributed by atoms with Crippen LogP contribution in [0, 0.1) is 0 Å². The van der Waals surface area contributed by atoms with Gasteiger partial charge in [0.25, 0.3) is 5.56 Å². The zero-order chi connectivity index (χ0) is 20.3. The number of nitrogens with zero attached hydrogens (tertiary/aromatic N) is 2. The van der Waals surface area contributed by atoms with Crippen molar-refractivity contribution in [3.63, 3.8) is 0 Å². The Morgan fingerprint density at radius 3 is 2.36 bits per heavy atom. The summed E-state index contributed by atoms with van der Waals surface area (Å²) in [5.41, 5.74) is 5.51. The topological polar surface area (TPSA) is 87.1 Å². The molecule has 0 aliphatic carbocycles. The van der Waals surface area contributed by atoms with E-state index in [1.54, 1.807) is 24.3 Å². The van der Waals surface area contributed by atoms with Crippen LogP contribution in [0.15, 0.2) is 69.1 Å². The second-order valence-corrected chi connectivity index (χ2v) is 7.63. The second-order valence-electron chi connectivity index (χ2n) is 6.14. The number of aromatic nitrogens is 2. The highest BCUT2D eigenvalue weighted by Gasteiger charge is 2.21. The van der Waals surface area contributed by atoms with Crippen LogP contribution in [0.4, 0.5) is 5.82 Å². The van der Waals surface area contributed by atoms with Crippen LogP contribution in [0.25, 0.3) is 0 Å². The van der Waals surface area contributed by atoms with Gasteiger partial charge in [-0.25, -0.2) is 4.79 Å². The van der Waals surface area contributed by atoms with E-state index in [-0.39, 0.29) is 23.7 Å². The van der Waals surface area contributed by atoms with Gasteiger partial charge in [0, 0.05) is 17.0 Å². The van der Waals surface area contributed by atoms with Crippen molar-refractivity contribution in [2.45, 2.75) is 11.4 Å². The summed E-state index contributed by atoms with van der Waals surface area (Å²) in [6.45, 7) is 0.171. The van der Waals surface area contributed by atoms with Crippen LogP contribution in [-0.2, 0) is 13.6 Å². The van der Waals surface area contributed by atoms with Crippen molar-refractivity contribution >= 4 is 35.0 Å². The number of nitrogens with two attached hydrogens (primary N) is 1. The average molecular weight is 416 g/mol. The molecule has 8 heteroatoms. The predicted octanol–water partition coefficient (Wildman–Crippen LogP) is 2.81. The van der Waals surface area contributed by atoms with E-state index in [0.29, 0.717) is 5.02 Å². The first kappa shape index (κ1) is 20.0. The number of carbonyl (C=O) groups excluding carboxylic acids is 1. The van der Waals surface area contributed by atoms with Gasteiger partial charge in [-0.1, -0.05) is 41.9 Å². The van der Waals surface area contributed by atoms with Gasteiger partial charge in [-0.2, -0.15) is 0 Å². The minimum Gasteiger partial charge on any atom is -0.384 e. The van der Waals surface area contributed by atoms with Gasteiger partial charge in [-0.05, 0) is 29.8 Å². The van der Waals surface area contributed by atoms with Crippen LogP contribution in [0.2, 0.25) is 5.02 Å². The van der Waals surface area contributed by atoms with E-state index in [4.69, 9.17) is 17.3 Å². The summed E-state index contributed by atoms with van der Waals surface area (Å²) in [5.74, 6) is -0.525. The molecule has 0 bridgehead atoms. The molecule has 3 aromatic rings. The van der Waals surface area contributed by atoms with Gasteiger partial charge in [-0.15, -0.1) is 11.8 Å². The van der Waals surface area contributed by atoms with Gasteiger partial charge < -0.3 is 5.73 Å². The first-order chi connectivity index (χ1) is 13.4. The SMILES string of the molecule is Cn1c(=O)c(C(=O)CSc2ccc(Cl)cc2)c(N)n(Cc2ccccc2)c1=O. The van der Waals surface area contributed by atoms with Crippen molar-refractivity contribution in [3.05, 3.63) is 91.6 Å². The summed E-state index contributed by atoms with van der Waals surface area (Å²) in [5, 5.41) is 0.599. The molecule has 0 radical (unpaired) electrons. The van der Waals surface area contributed by atoms with Gasteiger partial charge >= 0.3 is 5.69 Å².